The van der Waals surface area contributed by atoms with Crippen molar-refractivity contribution < 1.29 is 9.47 Å². The summed E-state index contributed by atoms with van der Waals surface area (Å²) in [5.41, 5.74) is 0. The average molecular weight is 398 g/mol. The van der Waals surface area contributed by atoms with Gasteiger partial charge in [-0.25, -0.2) is 0 Å². The number of halogens is 1. The van der Waals surface area contributed by atoms with E-state index in [4.69, 9.17) is 9.47 Å². The van der Waals surface area contributed by atoms with Crippen LogP contribution in [-0.4, -0.2) is 23.9 Å². The van der Waals surface area contributed by atoms with Crippen LogP contribution < -0.4 is 0 Å². The fraction of sp³-hybridized carbons (Fsp3) is 1.00. The molecule has 0 bridgehead atoms. The maximum atomic E-state index is 5.41. The molecule has 0 rings (SSSR count). The van der Waals surface area contributed by atoms with Crippen LogP contribution in [0.3, 0.4) is 0 Å². The Kier molecular flexibility index (Phi) is 13.8. The molecule has 0 aliphatic heterocycles. The molecule has 0 saturated carbocycles. The van der Waals surface area contributed by atoms with E-state index in [1.54, 1.807) is 0 Å². The Morgan fingerprint density at radius 1 is 0.850 bits per heavy atom. The van der Waals surface area contributed by atoms with Crippen molar-refractivity contribution in [2.24, 2.45) is 17.8 Å². The Hall–Kier alpha value is 0.650. The Balaban J connectivity index is 3.56. The first-order valence-corrected chi connectivity index (χ1v) is 9.49. The highest BCUT2D eigenvalue weighted by molar-refractivity contribution is 14.1. The molecule has 0 amide bonds. The van der Waals surface area contributed by atoms with Gasteiger partial charge in [0.2, 0.25) is 0 Å². The molecule has 122 valence electrons. The lowest BCUT2D eigenvalue weighted by Gasteiger charge is -2.21. The minimum atomic E-state index is 0.452. The van der Waals surface area contributed by atoms with E-state index >= 15 is 0 Å². The number of alkyl halides is 1. The average Bonchev–Trinajstić information content (AvgIpc) is 2.32. The van der Waals surface area contributed by atoms with Crippen molar-refractivity contribution >= 4 is 22.6 Å². The second-order valence-electron chi connectivity index (χ2n) is 6.46. The summed E-state index contributed by atoms with van der Waals surface area (Å²) >= 11 is 2.54. The van der Waals surface area contributed by atoms with Crippen LogP contribution in [0.4, 0.5) is 0 Å². The Bertz CT molecular complexity index is 209. The molecular formula is C17H35IO2. The fourth-order valence-corrected chi connectivity index (χ4v) is 3.84. The van der Waals surface area contributed by atoms with Crippen LogP contribution >= 0.6 is 22.6 Å². The highest BCUT2D eigenvalue weighted by atomic mass is 127. The number of hydrogen-bond acceptors (Lipinski definition) is 2. The molecule has 20 heavy (non-hydrogen) atoms. The van der Waals surface area contributed by atoms with Crippen LogP contribution in [0.15, 0.2) is 0 Å². The SMILES string of the molecule is CCOCOCCCC(C)CC(C)CC(C)CC(C)I. The second kappa shape index (κ2) is 13.3. The normalized spacial score (nSPS) is 17.7. The molecule has 4 unspecified atom stereocenters. The topological polar surface area (TPSA) is 18.5 Å². The zero-order chi connectivity index (χ0) is 15.4. The molecule has 0 aromatic heterocycles. The zero-order valence-corrected chi connectivity index (χ0v) is 16.3. The lowest BCUT2D eigenvalue weighted by atomic mass is 9.86. The molecule has 0 heterocycles. The van der Waals surface area contributed by atoms with Gasteiger partial charge in [-0.05, 0) is 56.8 Å². The summed E-state index contributed by atoms with van der Waals surface area (Å²) in [5, 5.41) is 0. The Morgan fingerprint density at radius 2 is 1.45 bits per heavy atom. The van der Waals surface area contributed by atoms with Crippen molar-refractivity contribution in [1.82, 2.24) is 0 Å². The first-order chi connectivity index (χ1) is 9.45. The van der Waals surface area contributed by atoms with Crippen LogP contribution in [0, 0.1) is 17.8 Å². The van der Waals surface area contributed by atoms with Gasteiger partial charge in [-0.3, -0.25) is 0 Å². The molecule has 3 heteroatoms. The van der Waals surface area contributed by atoms with Crippen molar-refractivity contribution in [3.05, 3.63) is 0 Å². The van der Waals surface area contributed by atoms with E-state index in [1.807, 2.05) is 6.92 Å². The van der Waals surface area contributed by atoms with Gasteiger partial charge < -0.3 is 9.47 Å². The van der Waals surface area contributed by atoms with Crippen LogP contribution in [0.1, 0.15) is 66.7 Å². The first kappa shape index (κ1) is 20.6. The van der Waals surface area contributed by atoms with Crippen LogP contribution in [-0.2, 0) is 9.47 Å². The third-order valence-corrected chi connectivity index (χ3v) is 4.20. The predicted octanol–water partition coefficient (Wildman–Crippen LogP) is 5.68. The first-order valence-electron chi connectivity index (χ1n) is 8.25. The van der Waals surface area contributed by atoms with Crippen molar-refractivity contribution in [1.29, 1.82) is 0 Å². The van der Waals surface area contributed by atoms with E-state index in [9.17, 15) is 0 Å². The van der Waals surface area contributed by atoms with Crippen LogP contribution in [0.2, 0.25) is 0 Å². The third-order valence-electron chi connectivity index (χ3n) is 3.69. The van der Waals surface area contributed by atoms with Gasteiger partial charge in [-0.15, -0.1) is 0 Å². The number of rotatable bonds is 13. The van der Waals surface area contributed by atoms with Gasteiger partial charge in [0.25, 0.3) is 0 Å². The van der Waals surface area contributed by atoms with E-state index in [0.29, 0.717) is 6.79 Å². The van der Waals surface area contributed by atoms with Crippen molar-refractivity contribution in [2.75, 3.05) is 20.0 Å². The summed E-state index contributed by atoms with van der Waals surface area (Å²) in [6.07, 6.45) is 6.50. The molecule has 4 atom stereocenters. The summed E-state index contributed by atoms with van der Waals surface area (Å²) in [5.74, 6) is 2.52. The maximum Gasteiger partial charge on any atom is 0.146 e. The van der Waals surface area contributed by atoms with E-state index < -0.39 is 0 Å². The summed E-state index contributed by atoms with van der Waals surface area (Å²) in [4.78, 5) is 0. The Morgan fingerprint density at radius 3 is 2.05 bits per heavy atom. The van der Waals surface area contributed by atoms with E-state index in [2.05, 4.69) is 50.3 Å². The van der Waals surface area contributed by atoms with Crippen LogP contribution in [0.5, 0.6) is 0 Å². The summed E-state index contributed by atoms with van der Waals surface area (Å²) in [6.45, 7) is 13.5. The molecule has 0 aromatic carbocycles. The molecule has 2 nitrogen and oxygen atoms in total. The fourth-order valence-electron chi connectivity index (χ4n) is 2.97. The molecule has 0 radical (unpaired) electrons. The van der Waals surface area contributed by atoms with Crippen molar-refractivity contribution in [3.63, 3.8) is 0 Å². The standard InChI is InChI=1S/C17H35IO2/c1-6-19-13-20-9-7-8-14(2)10-15(3)11-16(4)12-17(5)18/h14-17H,6-13H2,1-5H3. The van der Waals surface area contributed by atoms with Gasteiger partial charge >= 0.3 is 0 Å². The Labute approximate surface area is 140 Å². The van der Waals surface area contributed by atoms with Gasteiger partial charge in [-0.2, -0.15) is 0 Å². The number of ether oxygens (including phenoxy) is 2. The molecule has 0 saturated heterocycles. The van der Waals surface area contributed by atoms with Gasteiger partial charge in [0.05, 0.1) is 0 Å². The third kappa shape index (κ3) is 13.6. The highest BCUT2D eigenvalue weighted by Crippen LogP contribution is 2.25. The largest absolute Gasteiger partial charge is 0.356 e. The zero-order valence-electron chi connectivity index (χ0n) is 14.2. The molecule has 0 aliphatic rings. The van der Waals surface area contributed by atoms with E-state index in [0.717, 1.165) is 41.3 Å². The predicted molar refractivity (Wildman–Crippen MR) is 96.5 cm³/mol. The summed E-state index contributed by atoms with van der Waals surface area (Å²) in [7, 11) is 0. The highest BCUT2D eigenvalue weighted by Gasteiger charge is 2.13. The van der Waals surface area contributed by atoms with E-state index in [-0.39, 0.29) is 0 Å². The van der Waals surface area contributed by atoms with E-state index in [1.165, 1.54) is 25.7 Å². The van der Waals surface area contributed by atoms with Gasteiger partial charge in [-0.1, -0.05) is 50.3 Å². The van der Waals surface area contributed by atoms with Crippen LogP contribution in [0.25, 0.3) is 0 Å². The quantitative estimate of drug-likeness (QED) is 0.172. The van der Waals surface area contributed by atoms with Gasteiger partial charge in [0.1, 0.15) is 6.79 Å². The van der Waals surface area contributed by atoms with Crippen molar-refractivity contribution in [2.45, 2.75) is 70.6 Å². The molecule has 0 spiro atoms. The molecule has 0 aromatic rings. The van der Waals surface area contributed by atoms with Gasteiger partial charge in [0.15, 0.2) is 0 Å². The summed E-state index contributed by atoms with van der Waals surface area (Å²) < 4.78 is 11.4. The summed E-state index contributed by atoms with van der Waals surface area (Å²) in [6, 6.07) is 0. The monoisotopic (exact) mass is 398 g/mol. The molecule has 0 aliphatic carbocycles. The number of hydrogen-bond donors (Lipinski definition) is 0. The molecule has 0 fully saturated rings. The smallest absolute Gasteiger partial charge is 0.146 e. The maximum absolute atomic E-state index is 5.41. The molecule has 0 N–H and O–H groups in total. The lowest BCUT2D eigenvalue weighted by Crippen LogP contribution is -2.10. The second-order valence-corrected chi connectivity index (χ2v) is 8.59. The molecular weight excluding hydrogens is 363 g/mol. The lowest BCUT2D eigenvalue weighted by molar-refractivity contribution is -0.0508. The minimum absolute atomic E-state index is 0.452. The van der Waals surface area contributed by atoms with Crippen molar-refractivity contribution in [3.8, 4) is 0 Å². The minimum Gasteiger partial charge on any atom is -0.356 e. The van der Waals surface area contributed by atoms with Gasteiger partial charge in [0, 0.05) is 17.1 Å².